The zero-order valence-corrected chi connectivity index (χ0v) is 10.6. The molecule has 0 amide bonds. The van der Waals surface area contributed by atoms with E-state index in [-0.39, 0.29) is 18.1 Å². The van der Waals surface area contributed by atoms with Crippen molar-refractivity contribution in [1.29, 1.82) is 0 Å². The molecule has 0 aliphatic heterocycles. The summed E-state index contributed by atoms with van der Waals surface area (Å²) in [6.07, 6.45) is -3.06. The number of halogens is 3. The topological polar surface area (TPSA) is 68.1 Å². The maximum atomic E-state index is 12.6. The summed E-state index contributed by atoms with van der Waals surface area (Å²) in [7, 11) is 0. The van der Waals surface area contributed by atoms with Gasteiger partial charge < -0.3 is 5.32 Å². The van der Waals surface area contributed by atoms with E-state index in [1.807, 2.05) is 0 Å². The fraction of sp³-hybridized carbons (Fsp3) is 0.154. The predicted molar refractivity (Wildman–Crippen MR) is 69.7 cm³/mol. The van der Waals surface area contributed by atoms with Crippen molar-refractivity contribution >= 4 is 11.5 Å². The number of aromatic nitrogens is 1. The van der Waals surface area contributed by atoms with Crippen LogP contribution in [-0.2, 0) is 12.7 Å². The molecule has 110 valence electrons. The number of nitrogens with zero attached hydrogens (tertiary/aromatic N) is 2. The molecule has 0 aliphatic carbocycles. The SMILES string of the molecule is O=[N+]([O-])c1cccnc1NCc1cccc(C(F)(F)F)c1. The summed E-state index contributed by atoms with van der Waals surface area (Å²) in [5, 5.41) is 13.5. The summed E-state index contributed by atoms with van der Waals surface area (Å²) in [5.74, 6) is 0.0138. The van der Waals surface area contributed by atoms with Crippen molar-refractivity contribution in [2.45, 2.75) is 12.7 Å². The van der Waals surface area contributed by atoms with Crippen molar-refractivity contribution in [3.63, 3.8) is 0 Å². The van der Waals surface area contributed by atoms with E-state index in [1.54, 1.807) is 0 Å². The molecule has 2 rings (SSSR count). The molecule has 1 N–H and O–H groups in total. The van der Waals surface area contributed by atoms with Gasteiger partial charge in [0.15, 0.2) is 0 Å². The van der Waals surface area contributed by atoms with Crippen LogP contribution >= 0.6 is 0 Å². The Bertz CT molecular complexity index is 659. The molecule has 0 atom stereocenters. The number of hydrogen-bond donors (Lipinski definition) is 1. The van der Waals surface area contributed by atoms with Crippen molar-refractivity contribution in [2.75, 3.05) is 5.32 Å². The van der Waals surface area contributed by atoms with Crippen molar-refractivity contribution in [3.8, 4) is 0 Å². The minimum absolute atomic E-state index is 0.00176. The molecule has 1 aromatic carbocycles. The molecule has 0 aliphatic rings. The molecule has 1 heterocycles. The normalized spacial score (nSPS) is 11.2. The minimum Gasteiger partial charge on any atom is -0.360 e. The molecule has 21 heavy (non-hydrogen) atoms. The third-order valence-corrected chi connectivity index (χ3v) is 2.70. The highest BCUT2D eigenvalue weighted by atomic mass is 19.4. The molecule has 2 aromatic rings. The van der Waals surface area contributed by atoms with Crippen LogP contribution in [0.25, 0.3) is 0 Å². The Labute approximate surface area is 117 Å². The van der Waals surface area contributed by atoms with Crippen molar-refractivity contribution in [1.82, 2.24) is 4.98 Å². The van der Waals surface area contributed by atoms with Gasteiger partial charge in [-0.05, 0) is 23.8 Å². The zero-order valence-electron chi connectivity index (χ0n) is 10.6. The van der Waals surface area contributed by atoms with Gasteiger partial charge in [0, 0.05) is 18.8 Å². The third-order valence-electron chi connectivity index (χ3n) is 2.70. The largest absolute Gasteiger partial charge is 0.416 e. The Hall–Kier alpha value is -2.64. The van der Waals surface area contributed by atoms with Gasteiger partial charge in [0.1, 0.15) is 0 Å². The molecule has 0 saturated carbocycles. The summed E-state index contributed by atoms with van der Waals surface area (Å²) < 4.78 is 37.7. The molecule has 1 aromatic heterocycles. The fourth-order valence-corrected chi connectivity index (χ4v) is 1.72. The van der Waals surface area contributed by atoms with Gasteiger partial charge in [0.25, 0.3) is 0 Å². The number of pyridine rings is 1. The van der Waals surface area contributed by atoms with E-state index in [1.165, 1.54) is 30.5 Å². The number of hydrogen-bond acceptors (Lipinski definition) is 4. The van der Waals surface area contributed by atoms with Crippen LogP contribution in [0.5, 0.6) is 0 Å². The number of benzene rings is 1. The van der Waals surface area contributed by atoms with Crippen LogP contribution in [0, 0.1) is 10.1 Å². The van der Waals surface area contributed by atoms with Gasteiger partial charge >= 0.3 is 11.9 Å². The average Bonchev–Trinajstić information content (AvgIpc) is 2.45. The lowest BCUT2D eigenvalue weighted by molar-refractivity contribution is -0.384. The molecule has 0 fully saturated rings. The lowest BCUT2D eigenvalue weighted by Crippen LogP contribution is -2.08. The molecular weight excluding hydrogens is 287 g/mol. The van der Waals surface area contributed by atoms with Crippen LogP contribution in [-0.4, -0.2) is 9.91 Å². The van der Waals surface area contributed by atoms with E-state index in [9.17, 15) is 23.3 Å². The molecule has 0 saturated heterocycles. The Morgan fingerprint density at radius 3 is 2.67 bits per heavy atom. The van der Waals surface area contributed by atoms with Gasteiger partial charge in [-0.25, -0.2) is 4.98 Å². The van der Waals surface area contributed by atoms with E-state index in [2.05, 4.69) is 10.3 Å². The van der Waals surface area contributed by atoms with Gasteiger partial charge in [-0.2, -0.15) is 13.2 Å². The van der Waals surface area contributed by atoms with E-state index in [4.69, 9.17) is 0 Å². The van der Waals surface area contributed by atoms with Crippen LogP contribution in [0.15, 0.2) is 42.6 Å². The quantitative estimate of drug-likeness (QED) is 0.691. The van der Waals surface area contributed by atoms with Crippen LogP contribution < -0.4 is 5.32 Å². The number of alkyl halides is 3. The molecule has 0 unspecified atom stereocenters. The lowest BCUT2D eigenvalue weighted by atomic mass is 10.1. The highest BCUT2D eigenvalue weighted by molar-refractivity contribution is 5.55. The fourth-order valence-electron chi connectivity index (χ4n) is 1.72. The van der Waals surface area contributed by atoms with E-state index >= 15 is 0 Å². The van der Waals surface area contributed by atoms with Gasteiger partial charge in [-0.1, -0.05) is 12.1 Å². The Balaban J connectivity index is 2.16. The first kappa shape index (κ1) is 14.8. The summed E-state index contributed by atoms with van der Waals surface area (Å²) in [6, 6.07) is 7.41. The highest BCUT2D eigenvalue weighted by Crippen LogP contribution is 2.29. The van der Waals surface area contributed by atoms with Crippen molar-refractivity contribution in [2.24, 2.45) is 0 Å². The predicted octanol–water partition coefficient (Wildman–Crippen LogP) is 3.62. The van der Waals surface area contributed by atoms with E-state index < -0.39 is 16.7 Å². The van der Waals surface area contributed by atoms with Gasteiger partial charge in [-0.15, -0.1) is 0 Å². The smallest absolute Gasteiger partial charge is 0.360 e. The van der Waals surface area contributed by atoms with Crippen LogP contribution in [0.3, 0.4) is 0 Å². The zero-order chi connectivity index (χ0) is 15.5. The Morgan fingerprint density at radius 1 is 1.24 bits per heavy atom. The number of rotatable bonds is 4. The van der Waals surface area contributed by atoms with Crippen LogP contribution in [0.2, 0.25) is 0 Å². The van der Waals surface area contributed by atoms with Crippen LogP contribution in [0.1, 0.15) is 11.1 Å². The van der Waals surface area contributed by atoms with Gasteiger partial charge in [0.2, 0.25) is 5.82 Å². The Kier molecular flexibility index (Phi) is 4.06. The average molecular weight is 297 g/mol. The first-order chi connectivity index (χ1) is 9.88. The second kappa shape index (κ2) is 5.78. The second-order valence-electron chi connectivity index (χ2n) is 4.18. The van der Waals surface area contributed by atoms with E-state index in [0.29, 0.717) is 5.56 Å². The second-order valence-corrected chi connectivity index (χ2v) is 4.18. The highest BCUT2D eigenvalue weighted by Gasteiger charge is 2.30. The molecule has 0 radical (unpaired) electrons. The molecule has 8 heteroatoms. The molecular formula is C13H10F3N3O2. The third kappa shape index (κ3) is 3.68. The van der Waals surface area contributed by atoms with Crippen molar-refractivity contribution < 1.29 is 18.1 Å². The maximum Gasteiger partial charge on any atom is 0.416 e. The minimum atomic E-state index is -4.42. The first-order valence-corrected chi connectivity index (χ1v) is 5.87. The number of nitrogens with one attached hydrogen (secondary N) is 1. The summed E-state index contributed by atoms with van der Waals surface area (Å²) in [6.45, 7) is 0.00176. The first-order valence-electron chi connectivity index (χ1n) is 5.87. The standard InChI is InChI=1S/C13H10F3N3O2/c14-13(15,16)10-4-1-3-9(7-10)8-18-12-11(19(20)21)5-2-6-17-12/h1-7H,8H2,(H,17,18). The summed E-state index contributed by atoms with van der Waals surface area (Å²) in [4.78, 5) is 14.0. The van der Waals surface area contributed by atoms with Crippen molar-refractivity contribution in [3.05, 3.63) is 63.8 Å². The summed E-state index contributed by atoms with van der Waals surface area (Å²) in [5.41, 5.74) is -0.647. The summed E-state index contributed by atoms with van der Waals surface area (Å²) >= 11 is 0. The Morgan fingerprint density at radius 2 is 2.00 bits per heavy atom. The number of anilines is 1. The lowest BCUT2D eigenvalue weighted by Gasteiger charge is -2.10. The molecule has 0 spiro atoms. The maximum absolute atomic E-state index is 12.6. The van der Waals surface area contributed by atoms with E-state index in [0.717, 1.165) is 12.1 Å². The van der Waals surface area contributed by atoms with Crippen LogP contribution in [0.4, 0.5) is 24.7 Å². The molecule has 5 nitrogen and oxygen atoms in total. The monoisotopic (exact) mass is 297 g/mol. The van der Waals surface area contributed by atoms with Gasteiger partial charge in [-0.3, -0.25) is 10.1 Å². The number of nitro groups is 1. The van der Waals surface area contributed by atoms with Gasteiger partial charge in [0.05, 0.1) is 10.5 Å². The molecule has 0 bridgehead atoms.